The van der Waals surface area contributed by atoms with Crippen LogP contribution >= 0.6 is 11.8 Å². The van der Waals surface area contributed by atoms with Gasteiger partial charge in [-0.3, -0.25) is 4.79 Å². The van der Waals surface area contributed by atoms with E-state index in [4.69, 9.17) is 5.73 Å². The number of nitrogens with one attached hydrogen (secondary N) is 1. The van der Waals surface area contributed by atoms with Gasteiger partial charge in [0, 0.05) is 23.0 Å². The molecule has 2 rings (SSSR count). The third kappa shape index (κ3) is 2.65. The molecule has 3 N–H and O–H groups in total. The van der Waals surface area contributed by atoms with Crippen molar-refractivity contribution in [3.63, 3.8) is 0 Å². The summed E-state index contributed by atoms with van der Waals surface area (Å²) in [5.74, 6) is 2.31. The van der Waals surface area contributed by atoms with Gasteiger partial charge in [-0.15, -0.1) is 0 Å². The van der Waals surface area contributed by atoms with Gasteiger partial charge in [-0.1, -0.05) is 6.07 Å². The molecule has 80 valence electrons. The second-order valence-electron chi connectivity index (χ2n) is 3.68. The van der Waals surface area contributed by atoms with Gasteiger partial charge in [0.05, 0.1) is 0 Å². The zero-order valence-electron chi connectivity index (χ0n) is 8.40. The van der Waals surface area contributed by atoms with Crippen LogP contribution in [0.15, 0.2) is 24.3 Å². The average molecular weight is 222 g/mol. The van der Waals surface area contributed by atoms with Crippen molar-refractivity contribution in [2.75, 3.05) is 22.6 Å². The molecule has 1 saturated heterocycles. The summed E-state index contributed by atoms with van der Waals surface area (Å²) in [6, 6.07) is 7.28. The first-order chi connectivity index (χ1) is 7.25. The molecule has 1 amide bonds. The van der Waals surface area contributed by atoms with E-state index in [1.54, 1.807) is 12.1 Å². The fourth-order valence-electron chi connectivity index (χ4n) is 1.60. The molecule has 1 aliphatic heterocycles. The summed E-state index contributed by atoms with van der Waals surface area (Å²) in [6.45, 7) is 0. The highest BCUT2D eigenvalue weighted by Crippen LogP contribution is 2.24. The van der Waals surface area contributed by atoms with Gasteiger partial charge < -0.3 is 11.1 Å². The standard InChI is InChI=1S/C11H14N2OS/c12-9-2-1-3-10(6-9)13-11(14)8-4-5-15-7-8/h1-3,6,8H,4-5,7,12H2,(H,13,14). The first-order valence-corrected chi connectivity index (χ1v) is 6.15. The van der Waals surface area contributed by atoms with Gasteiger partial charge in [0.2, 0.25) is 5.91 Å². The Morgan fingerprint density at radius 3 is 3.07 bits per heavy atom. The highest BCUT2D eigenvalue weighted by atomic mass is 32.2. The predicted molar refractivity (Wildman–Crippen MR) is 64.9 cm³/mol. The molecule has 0 bridgehead atoms. The number of nitrogen functional groups attached to an aromatic ring is 1. The number of thioether (sulfide) groups is 1. The van der Waals surface area contributed by atoms with Crippen LogP contribution in [0.4, 0.5) is 11.4 Å². The lowest BCUT2D eigenvalue weighted by molar-refractivity contribution is -0.119. The number of anilines is 2. The molecule has 1 unspecified atom stereocenters. The second kappa shape index (κ2) is 4.57. The maximum Gasteiger partial charge on any atom is 0.228 e. The molecule has 0 spiro atoms. The second-order valence-corrected chi connectivity index (χ2v) is 4.83. The van der Waals surface area contributed by atoms with Crippen LogP contribution in [-0.4, -0.2) is 17.4 Å². The number of hydrogen-bond acceptors (Lipinski definition) is 3. The largest absolute Gasteiger partial charge is 0.399 e. The third-order valence-corrected chi connectivity index (χ3v) is 3.62. The number of carbonyl (C=O) groups excluding carboxylic acids is 1. The Kier molecular flexibility index (Phi) is 3.16. The van der Waals surface area contributed by atoms with Crippen LogP contribution in [0.3, 0.4) is 0 Å². The predicted octanol–water partition coefficient (Wildman–Crippen LogP) is 1.96. The Morgan fingerprint density at radius 1 is 1.53 bits per heavy atom. The minimum absolute atomic E-state index is 0.116. The molecule has 1 atom stereocenters. The van der Waals surface area contributed by atoms with E-state index in [0.29, 0.717) is 5.69 Å². The van der Waals surface area contributed by atoms with E-state index in [-0.39, 0.29) is 11.8 Å². The van der Waals surface area contributed by atoms with E-state index >= 15 is 0 Å². The molecule has 3 nitrogen and oxygen atoms in total. The lowest BCUT2D eigenvalue weighted by Crippen LogP contribution is -2.22. The van der Waals surface area contributed by atoms with Crippen LogP contribution in [0.5, 0.6) is 0 Å². The number of carbonyl (C=O) groups is 1. The minimum Gasteiger partial charge on any atom is -0.399 e. The van der Waals surface area contributed by atoms with E-state index in [1.807, 2.05) is 23.9 Å². The molecule has 0 saturated carbocycles. The third-order valence-electron chi connectivity index (χ3n) is 2.45. The van der Waals surface area contributed by atoms with Gasteiger partial charge in [-0.2, -0.15) is 11.8 Å². The normalized spacial score (nSPS) is 20.1. The van der Waals surface area contributed by atoms with Crippen molar-refractivity contribution in [3.05, 3.63) is 24.3 Å². The van der Waals surface area contributed by atoms with Gasteiger partial charge in [0.15, 0.2) is 0 Å². The van der Waals surface area contributed by atoms with Crippen molar-refractivity contribution in [3.8, 4) is 0 Å². The number of nitrogens with two attached hydrogens (primary N) is 1. The summed E-state index contributed by atoms with van der Waals surface area (Å²) in [7, 11) is 0. The van der Waals surface area contributed by atoms with E-state index in [9.17, 15) is 4.79 Å². The first-order valence-electron chi connectivity index (χ1n) is 5.00. The van der Waals surface area contributed by atoms with Crippen LogP contribution in [0.2, 0.25) is 0 Å². The van der Waals surface area contributed by atoms with Crippen LogP contribution in [0, 0.1) is 5.92 Å². The Balaban J connectivity index is 1.99. The van der Waals surface area contributed by atoms with E-state index in [1.165, 1.54) is 0 Å². The molecular formula is C11H14N2OS. The monoisotopic (exact) mass is 222 g/mol. The van der Waals surface area contributed by atoms with Crippen LogP contribution in [0.1, 0.15) is 6.42 Å². The molecule has 1 fully saturated rings. The zero-order chi connectivity index (χ0) is 10.7. The highest BCUT2D eigenvalue weighted by Gasteiger charge is 2.22. The lowest BCUT2D eigenvalue weighted by atomic mass is 10.1. The first kappa shape index (κ1) is 10.4. The van der Waals surface area contributed by atoms with Crippen molar-refractivity contribution in [1.82, 2.24) is 0 Å². The summed E-state index contributed by atoms with van der Waals surface area (Å²) < 4.78 is 0. The Bertz CT molecular complexity index is 361. The van der Waals surface area contributed by atoms with Gasteiger partial charge in [-0.25, -0.2) is 0 Å². The maximum absolute atomic E-state index is 11.8. The van der Waals surface area contributed by atoms with Crippen molar-refractivity contribution < 1.29 is 4.79 Å². The maximum atomic E-state index is 11.8. The van der Waals surface area contributed by atoms with Gasteiger partial charge in [0.1, 0.15) is 0 Å². The van der Waals surface area contributed by atoms with E-state index < -0.39 is 0 Å². The summed E-state index contributed by atoms with van der Waals surface area (Å²) in [6.07, 6.45) is 0.985. The van der Waals surface area contributed by atoms with Crippen molar-refractivity contribution in [2.24, 2.45) is 5.92 Å². The minimum atomic E-state index is 0.116. The molecule has 0 aliphatic carbocycles. The van der Waals surface area contributed by atoms with Crippen molar-refractivity contribution in [1.29, 1.82) is 0 Å². The smallest absolute Gasteiger partial charge is 0.228 e. The van der Waals surface area contributed by atoms with E-state index in [0.717, 1.165) is 23.6 Å². The summed E-state index contributed by atoms with van der Waals surface area (Å²) in [4.78, 5) is 11.8. The summed E-state index contributed by atoms with van der Waals surface area (Å²) in [5.41, 5.74) is 7.10. The quantitative estimate of drug-likeness (QED) is 0.752. The number of hydrogen-bond donors (Lipinski definition) is 2. The molecule has 1 aliphatic rings. The fraction of sp³-hybridized carbons (Fsp3) is 0.364. The van der Waals surface area contributed by atoms with Crippen molar-refractivity contribution in [2.45, 2.75) is 6.42 Å². The molecule has 0 radical (unpaired) electrons. The van der Waals surface area contributed by atoms with Gasteiger partial charge in [-0.05, 0) is 30.4 Å². The van der Waals surface area contributed by atoms with Gasteiger partial charge >= 0.3 is 0 Å². The van der Waals surface area contributed by atoms with E-state index in [2.05, 4.69) is 5.32 Å². The fourth-order valence-corrected chi connectivity index (χ4v) is 2.82. The Labute approximate surface area is 93.4 Å². The van der Waals surface area contributed by atoms with Gasteiger partial charge in [0.25, 0.3) is 0 Å². The number of rotatable bonds is 2. The molecule has 0 aromatic heterocycles. The molecule has 15 heavy (non-hydrogen) atoms. The molecule has 4 heteroatoms. The van der Waals surface area contributed by atoms with Crippen LogP contribution < -0.4 is 11.1 Å². The zero-order valence-corrected chi connectivity index (χ0v) is 9.22. The summed E-state index contributed by atoms with van der Waals surface area (Å²) >= 11 is 1.84. The van der Waals surface area contributed by atoms with Crippen LogP contribution in [0.25, 0.3) is 0 Å². The summed E-state index contributed by atoms with van der Waals surface area (Å²) in [5, 5.41) is 2.89. The SMILES string of the molecule is Nc1cccc(NC(=O)C2CCSC2)c1. The Hall–Kier alpha value is -1.16. The lowest BCUT2D eigenvalue weighted by Gasteiger charge is -2.09. The topological polar surface area (TPSA) is 55.1 Å². The average Bonchev–Trinajstić information content (AvgIpc) is 2.70. The molecule has 1 aromatic carbocycles. The van der Waals surface area contributed by atoms with Crippen molar-refractivity contribution >= 4 is 29.0 Å². The molecular weight excluding hydrogens is 208 g/mol. The molecule has 1 heterocycles. The number of benzene rings is 1. The highest BCUT2D eigenvalue weighted by molar-refractivity contribution is 7.99. The van der Waals surface area contributed by atoms with Crippen LogP contribution in [-0.2, 0) is 4.79 Å². The molecule has 1 aromatic rings. The Morgan fingerprint density at radius 2 is 2.40 bits per heavy atom. The number of amides is 1.